The lowest BCUT2D eigenvalue weighted by atomic mass is 10.1. The van der Waals surface area contributed by atoms with Gasteiger partial charge >= 0.3 is 0 Å². The molecule has 0 radical (unpaired) electrons. The summed E-state index contributed by atoms with van der Waals surface area (Å²) in [6.07, 6.45) is 5.41. The Morgan fingerprint density at radius 3 is 2.79 bits per heavy atom. The van der Waals surface area contributed by atoms with E-state index in [1.165, 1.54) is 24.1 Å². The summed E-state index contributed by atoms with van der Waals surface area (Å²) in [5.74, 6) is 1.72. The molecular weight excluding hydrogens is 238 g/mol. The monoisotopic (exact) mass is 259 g/mol. The van der Waals surface area contributed by atoms with Crippen LogP contribution in [0.4, 0.5) is 0 Å². The Balaban J connectivity index is 2.01. The van der Waals surface area contributed by atoms with Crippen LogP contribution in [-0.2, 0) is 13.5 Å². The average molecular weight is 259 g/mol. The van der Waals surface area contributed by atoms with Gasteiger partial charge in [0.15, 0.2) is 5.82 Å². The molecule has 0 aromatic carbocycles. The number of hydrogen-bond donors (Lipinski definition) is 1. The van der Waals surface area contributed by atoms with Gasteiger partial charge in [-0.1, -0.05) is 0 Å². The second-order valence-corrected chi connectivity index (χ2v) is 5.65. The minimum Gasteiger partial charge on any atom is -0.328 e. The molecule has 1 atom stereocenters. The lowest BCUT2D eigenvalue weighted by molar-refractivity contribution is 0.677. The van der Waals surface area contributed by atoms with Crippen molar-refractivity contribution in [2.75, 3.05) is 0 Å². The van der Waals surface area contributed by atoms with Gasteiger partial charge in [0.25, 0.3) is 0 Å². The van der Waals surface area contributed by atoms with Crippen molar-refractivity contribution >= 4 is 0 Å². The number of nitrogens with two attached hydrogens (primary N) is 1. The van der Waals surface area contributed by atoms with Gasteiger partial charge in [-0.3, -0.25) is 4.68 Å². The largest absolute Gasteiger partial charge is 0.328 e. The molecule has 1 aliphatic carbocycles. The van der Waals surface area contributed by atoms with Gasteiger partial charge in [0, 0.05) is 30.8 Å². The van der Waals surface area contributed by atoms with Gasteiger partial charge in [0.2, 0.25) is 0 Å². The quantitative estimate of drug-likeness (QED) is 0.908. The molecule has 0 saturated heterocycles. The lowest BCUT2D eigenvalue weighted by Crippen LogP contribution is -2.19. The smallest absolute Gasteiger partial charge is 0.155 e. The third-order valence-electron chi connectivity index (χ3n) is 3.66. The van der Waals surface area contributed by atoms with Crippen LogP contribution in [0.15, 0.2) is 12.3 Å². The van der Waals surface area contributed by atoms with E-state index in [-0.39, 0.29) is 6.04 Å². The maximum Gasteiger partial charge on any atom is 0.155 e. The molecule has 1 aliphatic rings. The highest BCUT2D eigenvalue weighted by Crippen LogP contribution is 2.39. The first-order chi connectivity index (χ1) is 9.06. The number of hydrogen-bond acceptors (Lipinski definition) is 3. The Morgan fingerprint density at radius 2 is 2.16 bits per heavy atom. The first kappa shape index (κ1) is 12.4. The standard InChI is InChI=1S/C14H21N5/c1-9(15)8-12-10(2)16-18(3)14(12)19-7-6-13(17-19)11-4-5-11/h6-7,9,11H,4-5,8,15H2,1-3H3. The highest BCUT2D eigenvalue weighted by molar-refractivity contribution is 5.38. The van der Waals surface area contributed by atoms with Crippen molar-refractivity contribution in [3.8, 4) is 5.82 Å². The molecule has 0 spiro atoms. The van der Waals surface area contributed by atoms with Crippen LogP contribution in [0.2, 0.25) is 0 Å². The minimum atomic E-state index is 0.125. The molecule has 1 fully saturated rings. The number of aryl methyl sites for hydroxylation is 2. The topological polar surface area (TPSA) is 61.7 Å². The molecule has 0 aliphatic heterocycles. The summed E-state index contributed by atoms with van der Waals surface area (Å²) in [6.45, 7) is 4.06. The SMILES string of the molecule is Cc1nn(C)c(-n2ccc(C3CC3)n2)c1CC(C)N. The zero-order chi connectivity index (χ0) is 13.6. The van der Waals surface area contributed by atoms with Gasteiger partial charge in [0.05, 0.1) is 11.4 Å². The van der Waals surface area contributed by atoms with Crippen LogP contribution in [0.5, 0.6) is 0 Å². The summed E-state index contributed by atoms with van der Waals surface area (Å²) in [6, 6.07) is 2.25. The first-order valence-corrected chi connectivity index (χ1v) is 6.90. The number of aromatic nitrogens is 4. The van der Waals surface area contributed by atoms with E-state index >= 15 is 0 Å². The van der Waals surface area contributed by atoms with Gasteiger partial charge in [-0.2, -0.15) is 10.2 Å². The van der Waals surface area contributed by atoms with Gasteiger partial charge in [0.1, 0.15) is 0 Å². The molecule has 1 saturated carbocycles. The summed E-state index contributed by atoms with van der Waals surface area (Å²) >= 11 is 0. The normalized spacial score (nSPS) is 16.8. The average Bonchev–Trinajstić information content (AvgIpc) is 3.01. The van der Waals surface area contributed by atoms with E-state index in [1.54, 1.807) is 0 Å². The zero-order valence-electron chi connectivity index (χ0n) is 11.8. The molecule has 2 N–H and O–H groups in total. The molecule has 19 heavy (non-hydrogen) atoms. The minimum absolute atomic E-state index is 0.125. The second kappa shape index (κ2) is 4.49. The lowest BCUT2D eigenvalue weighted by Gasteiger charge is -2.09. The van der Waals surface area contributed by atoms with E-state index in [0.717, 1.165) is 17.9 Å². The molecule has 5 heteroatoms. The van der Waals surface area contributed by atoms with E-state index < -0.39 is 0 Å². The molecule has 0 bridgehead atoms. The molecule has 2 aromatic rings. The van der Waals surface area contributed by atoms with Gasteiger partial charge in [-0.15, -0.1) is 0 Å². The molecule has 2 aromatic heterocycles. The maximum absolute atomic E-state index is 5.95. The predicted molar refractivity (Wildman–Crippen MR) is 74.4 cm³/mol. The number of nitrogens with zero attached hydrogens (tertiary/aromatic N) is 4. The van der Waals surface area contributed by atoms with Crippen molar-refractivity contribution < 1.29 is 0 Å². The van der Waals surface area contributed by atoms with Crippen molar-refractivity contribution in [1.29, 1.82) is 0 Å². The highest BCUT2D eigenvalue weighted by Gasteiger charge is 2.26. The molecule has 1 unspecified atom stereocenters. The summed E-state index contributed by atoms with van der Waals surface area (Å²) in [7, 11) is 1.96. The fraction of sp³-hybridized carbons (Fsp3) is 0.571. The van der Waals surface area contributed by atoms with Crippen LogP contribution in [0.1, 0.15) is 42.6 Å². The van der Waals surface area contributed by atoms with Crippen LogP contribution in [0, 0.1) is 6.92 Å². The third-order valence-corrected chi connectivity index (χ3v) is 3.66. The Labute approximate surface area is 113 Å². The zero-order valence-corrected chi connectivity index (χ0v) is 11.8. The predicted octanol–water partition coefficient (Wildman–Crippen LogP) is 1.68. The summed E-state index contributed by atoms with van der Waals surface area (Å²) in [4.78, 5) is 0. The van der Waals surface area contributed by atoms with E-state index in [2.05, 4.69) is 11.2 Å². The van der Waals surface area contributed by atoms with Crippen molar-refractivity contribution in [3.63, 3.8) is 0 Å². The van der Waals surface area contributed by atoms with Gasteiger partial charge in [-0.25, -0.2) is 4.68 Å². The highest BCUT2D eigenvalue weighted by atomic mass is 15.4. The Kier molecular flexibility index (Phi) is 2.93. The second-order valence-electron chi connectivity index (χ2n) is 5.65. The molecule has 0 amide bonds. The van der Waals surface area contributed by atoms with E-state index in [4.69, 9.17) is 10.8 Å². The van der Waals surface area contributed by atoms with E-state index in [0.29, 0.717) is 5.92 Å². The van der Waals surface area contributed by atoms with Crippen LogP contribution in [0.3, 0.4) is 0 Å². The summed E-state index contributed by atoms with van der Waals surface area (Å²) < 4.78 is 3.85. The molecule has 2 heterocycles. The molecule has 3 rings (SSSR count). The summed E-state index contributed by atoms with van der Waals surface area (Å²) in [5.41, 5.74) is 9.38. The van der Waals surface area contributed by atoms with Crippen LogP contribution < -0.4 is 5.73 Å². The van der Waals surface area contributed by atoms with Crippen molar-refractivity contribution in [2.45, 2.75) is 45.1 Å². The first-order valence-electron chi connectivity index (χ1n) is 6.90. The third kappa shape index (κ3) is 2.30. The number of rotatable bonds is 4. The van der Waals surface area contributed by atoms with Gasteiger partial charge < -0.3 is 5.73 Å². The Bertz CT molecular complexity index is 589. The van der Waals surface area contributed by atoms with Gasteiger partial charge in [-0.05, 0) is 39.2 Å². The van der Waals surface area contributed by atoms with Crippen molar-refractivity contribution in [2.24, 2.45) is 12.8 Å². The summed E-state index contributed by atoms with van der Waals surface area (Å²) in [5, 5.41) is 9.21. The van der Waals surface area contributed by atoms with E-state index in [9.17, 15) is 0 Å². The van der Waals surface area contributed by atoms with Crippen LogP contribution in [0.25, 0.3) is 5.82 Å². The fourth-order valence-corrected chi connectivity index (χ4v) is 2.59. The Hall–Kier alpha value is -1.62. The Morgan fingerprint density at radius 1 is 1.42 bits per heavy atom. The van der Waals surface area contributed by atoms with Crippen LogP contribution in [-0.4, -0.2) is 25.6 Å². The maximum atomic E-state index is 5.95. The van der Waals surface area contributed by atoms with Crippen molar-refractivity contribution in [1.82, 2.24) is 19.6 Å². The molecule has 5 nitrogen and oxygen atoms in total. The van der Waals surface area contributed by atoms with Crippen LogP contribution >= 0.6 is 0 Å². The molecular formula is C14H21N5. The fourth-order valence-electron chi connectivity index (χ4n) is 2.59. The van der Waals surface area contributed by atoms with Crippen molar-refractivity contribution in [3.05, 3.63) is 29.2 Å². The van der Waals surface area contributed by atoms with E-state index in [1.807, 2.05) is 36.5 Å². The molecule has 102 valence electrons.